The maximum atomic E-state index is 13.4. The zero-order valence-electron chi connectivity index (χ0n) is 17.9. The summed E-state index contributed by atoms with van der Waals surface area (Å²) in [4.78, 5) is 42.5. The number of amides is 2. The van der Waals surface area contributed by atoms with Gasteiger partial charge in [0.2, 0.25) is 5.91 Å². The van der Waals surface area contributed by atoms with Crippen LogP contribution in [0.4, 0.5) is 4.39 Å². The molecule has 1 saturated heterocycles. The second-order valence-electron chi connectivity index (χ2n) is 8.40. The van der Waals surface area contributed by atoms with E-state index in [0.717, 1.165) is 31.5 Å². The summed E-state index contributed by atoms with van der Waals surface area (Å²) in [7, 11) is 2.05. The van der Waals surface area contributed by atoms with Gasteiger partial charge in [0.1, 0.15) is 11.4 Å². The van der Waals surface area contributed by atoms with Crippen molar-refractivity contribution in [3.05, 3.63) is 63.3 Å². The molecule has 0 spiro atoms. The maximum absolute atomic E-state index is 13.4. The van der Waals surface area contributed by atoms with Crippen molar-refractivity contribution in [3.63, 3.8) is 0 Å². The van der Waals surface area contributed by atoms with Gasteiger partial charge in [-0.3, -0.25) is 19.0 Å². The molecule has 1 fully saturated rings. The Kier molecular flexibility index (Phi) is 5.91. The van der Waals surface area contributed by atoms with E-state index in [1.165, 1.54) is 35.8 Å². The average molecular weight is 426 g/mol. The molecule has 2 aliphatic heterocycles. The number of halogens is 1. The number of nitrogens with one attached hydrogen (secondary N) is 1. The Labute approximate surface area is 180 Å². The van der Waals surface area contributed by atoms with E-state index in [1.807, 2.05) is 7.05 Å². The SMILES string of the molecule is CC(=O)N1CCc2c(cn(-c3ccc(F)cc3)c(=O)c2C(=O)NC2CCN(C)CC2)C1. The lowest BCUT2D eigenvalue weighted by molar-refractivity contribution is -0.129. The smallest absolute Gasteiger partial charge is 0.268 e. The normalized spacial score (nSPS) is 17.3. The van der Waals surface area contributed by atoms with Crippen molar-refractivity contribution in [3.8, 4) is 5.69 Å². The van der Waals surface area contributed by atoms with Crippen molar-refractivity contribution < 1.29 is 14.0 Å². The van der Waals surface area contributed by atoms with Crippen LogP contribution in [0, 0.1) is 5.82 Å². The van der Waals surface area contributed by atoms with Gasteiger partial charge in [0.05, 0.1) is 0 Å². The molecular weight excluding hydrogens is 399 g/mol. The van der Waals surface area contributed by atoms with Gasteiger partial charge in [0.25, 0.3) is 11.5 Å². The Morgan fingerprint density at radius 3 is 2.42 bits per heavy atom. The van der Waals surface area contributed by atoms with Crippen LogP contribution >= 0.6 is 0 Å². The van der Waals surface area contributed by atoms with E-state index < -0.39 is 11.4 Å². The first-order valence-corrected chi connectivity index (χ1v) is 10.6. The Morgan fingerprint density at radius 2 is 1.77 bits per heavy atom. The highest BCUT2D eigenvalue weighted by Crippen LogP contribution is 2.23. The van der Waals surface area contributed by atoms with E-state index >= 15 is 0 Å². The van der Waals surface area contributed by atoms with Gasteiger partial charge in [0, 0.05) is 37.9 Å². The van der Waals surface area contributed by atoms with Crippen molar-refractivity contribution in [2.75, 3.05) is 26.7 Å². The monoisotopic (exact) mass is 426 g/mol. The number of fused-ring (bicyclic) bond motifs is 1. The number of rotatable bonds is 3. The van der Waals surface area contributed by atoms with Gasteiger partial charge in [-0.15, -0.1) is 0 Å². The Bertz CT molecular complexity index is 1060. The number of nitrogens with zero attached hydrogens (tertiary/aromatic N) is 3. The fourth-order valence-electron chi connectivity index (χ4n) is 4.36. The highest BCUT2D eigenvalue weighted by molar-refractivity contribution is 5.96. The fraction of sp³-hybridized carbons (Fsp3) is 0.435. The largest absolute Gasteiger partial charge is 0.349 e. The first kappa shape index (κ1) is 21.2. The predicted molar refractivity (Wildman–Crippen MR) is 115 cm³/mol. The number of hydrogen-bond acceptors (Lipinski definition) is 4. The minimum absolute atomic E-state index is 0.0236. The summed E-state index contributed by atoms with van der Waals surface area (Å²) in [5.41, 5.74) is 1.64. The van der Waals surface area contributed by atoms with Crippen LogP contribution in [-0.4, -0.2) is 58.9 Å². The van der Waals surface area contributed by atoms with E-state index in [4.69, 9.17) is 0 Å². The van der Waals surface area contributed by atoms with E-state index in [0.29, 0.717) is 30.8 Å². The first-order chi connectivity index (χ1) is 14.8. The molecule has 0 aliphatic carbocycles. The fourth-order valence-corrected chi connectivity index (χ4v) is 4.36. The highest BCUT2D eigenvalue weighted by atomic mass is 19.1. The summed E-state index contributed by atoms with van der Waals surface area (Å²) in [6.07, 6.45) is 3.79. The Balaban J connectivity index is 1.75. The topological polar surface area (TPSA) is 74.6 Å². The summed E-state index contributed by atoms with van der Waals surface area (Å²) < 4.78 is 14.8. The molecule has 2 amide bonds. The number of aromatic nitrogens is 1. The van der Waals surface area contributed by atoms with Crippen molar-refractivity contribution >= 4 is 11.8 Å². The van der Waals surface area contributed by atoms with Gasteiger partial charge in [-0.05, 0) is 74.8 Å². The van der Waals surface area contributed by atoms with E-state index in [-0.39, 0.29) is 23.4 Å². The third-order valence-corrected chi connectivity index (χ3v) is 6.23. The van der Waals surface area contributed by atoms with Gasteiger partial charge in [0.15, 0.2) is 0 Å². The lowest BCUT2D eigenvalue weighted by Gasteiger charge is -2.31. The van der Waals surface area contributed by atoms with Crippen molar-refractivity contribution in [1.82, 2.24) is 19.7 Å². The van der Waals surface area contributed by atoms with Crippen LogP contribution in [-0.2, 0) is 17.8 Å². The van der Waals surface area contributed by atoms with Gasteiger partial charge in [-0.1, -0.05) is 0 Å². The molecule has 1 N–H and O–H groups in total. The molecule has 1 aromatic heterocycles. The van der Waals surface area contributed by atoms with Gasteiger partial charge < -0.3 is 15.1 Å². The third kappa shape index (κ3) is 4.39. The minimum Gasteiger partial charge on any atom is -0.349 e. The van der Waals surface area contributed by atoms with E-state index in [9.17, 15) is 18.8 Å². The van der Waals surface area contributed by atoms with Gasteiger partial charge in [-0.2, -0.15) is 0 Å². The molecule has 7 nitrogen and oxygen atoms in total. The predicted octanol–water partition coefficient (Wildman–Crippen LogP) is 1.71. The summed E-state index contributed by atoms with van der Waals surface area (Å²) in [5, 5.41) is 3.05. The minimum atomic E-state index is -0.424. The maximum Gasteiger partial charge on any atom is 0.268 e. The molecule has 8 heteroatoms. The quantitative estimate of drug-likeness (QED) is 0.811. The molecule has 4 rings (SSSR count). The lowest BCUT2D eigenvalue weighted by Crippen LogP contribution is -2.46. The molecule has 0 unspecified atom stereocenters. The molecule has 0 atom stereocenters. The van der Waals surface area contributed by atoms with Crippen LogP contribution in [0.1, 0.15) is 41.3 Å². The molecule has 164 valence electrons. The molecular formula is C23H27FN4O3. The molecule has 3 heterocycles. The number of likely N-dealkylation sites (tertiary alicyclic amines) is 1. The van der Waals surface area contributed by atoms with Crippen LogP contribution in [0.5, 0.6) is 0 Å². The zero-order chi connectivity index (χ0) is 22.1. The number of carbonyl (C=O) groups excluding carboxylic acids is 2. The summed E-state index contributed by atoms with van der Waals surface area (Å²) in [5.74, 6) is -0.830. The molecule has 31 heavy (non-hydrogen) atoms. The molecule has 1 aromatic carbocycles. The third-order valence-electron chi connectivity index (χ3n) is 6.23. The van der Waals surface area contributed by atoms with Crippen LogP contribution in [0.3, 0.4) is 0 Å². The lowest BCUT2D eigenvalue weighted by atomic mass is 9.95. The van der Waals surface area contributed by atoms with Crippen LogP contribution in [0.25, 0.3) is 5.69 Å². The molecule has 0 bridgehead atoms. The van der Waals surface area contributed by atoms with Crippen molar-refractivity contribution in [2.24, 2.45) is 0 Å². The Morgan fingerprint density at radius 1 is 1.10 bits per heavy atom. The number of pyridine rings is 1. The van der Waals surface area contributed by atoms with Crippen LogP contribution < -0.4 is 10.9 Å². The summed E-state index contributed by atoms with van der Waals surface area (Å²) in [6, 6.07) is 5.60. The summed E-state index contributed by atoms with van der Waals surface area (Å²) >= 11 is 0. The van der Waals surface area contributed by atoms with Crippen molar-refractivity contribution in [2.45, 2.75) is 38.8 Å². The average Bonchev–Trinajstić information content (AvgIpc) is 2.75. The zero-order valence-corrected chi connectivity index (χ0v) is 17.9. The molecule has 0 radical (unpaired) electrons. The van der Waals surface area contributed by atoms with Crippen LogP contribution in [0.15, 0.2) is 35.3 Å². The van der Waals surface area contributed by atoms with Crippen molar-refractivity contribution in [1.29, 1.82) is 0 Å². The van der Waals surface area contributed by atoms with Crippen LogP contribution in [0.2, 0.25) is 0 Å². The standard InChI is InChI=1S/C23H27FN4O3/c1-15(29)27-12-9-20-16(13-27)14-28(19-5-3-17(24)4-6-19)23(31)21(20)22(30)25-18-7-10-26(2)11-8-18/h3-6,14,18H,7-13H2,1-2H3,(H,25,30). The summed E-state index contributed by atoms with van der Waals surface area (Å²) in [6.45, 7) is 4.10. The number of carbonyl (C=O) groups is 2. The van der Waals surface area contributed by atoms with E-state index in [2.05, 4.69) is 10.2 Å². The molecule has 0 saturated carbocycles. The second-order valence-corrected chi connectivity index (χ2v) is 8.40. The molecule has 2 aromatic rings. The van der Waals surface area contributed by atoms with E-state index in [1.54, 1.807) is 11.1 Å². The second kappa shape index (κ2) is 8.63. The first-order valence-electron chi connectivity index (χ1n) is 10.6. The highest BCUT2D eigenvalue weighted by Gasteiger charge is 2.29. The Hall–Kier alpha value is -3.00. The van der Waals surface area contributed by atoms with Gasteiger partial charge >= 0.3 is 0 Å². The number of benzene rings is 1. The molecule has 2 aliphatic rings. The number of hydrogen-bond donors (Lipinski definition) is 1. The van der Waals surface area contributed by atoms with Gasteiger partial charge in [-0.25, -0.2) is 4.39 Å². The number of piperidine rings is 1.